The molecule has 1 saturated heterocycles. The van der Waals surface area contributed by atoms with Gasteiger partial charge in [-0.3, -0.25) is 4.90 Å². The summed E-state index contributed by atoms with van der Waals surface area (Å²) in [4.78, 5) is 25.9. The molecule has 10 heteroatoms. The van der Waals surface area contributed by atoms with Crippen molar-refractivity contribution in [2.75, 3.05) is 18.8 Å². The highest BCUT2D eigenvalue weighted by Crippen LogP contribution is 2.48. The van der Waals surface area contributed by atoms with Crippen LogP contribution in [0.5, 0.6) is 0 Å². The van der Waals surface area contributed by atoms with Crippen LogP contribution in [0, 0.1) is 11.8 Å². The number of carbonyl (C=O) groups is 2. The number of likely N-dealkylation sites (tertiary alicyclic amines) is 1. The first kappa shape index (κ1) is 29.7. The number of carboxylic acids is 2. The molecule has 0 spiro atoms. The van der Waals surface area contributed by atoms with E-state index in [-0.39, 0.29) is 10.8 Å². The van der Waals surface area contributed by atoms with Crippen molar-refractivity contribution < 1.29 is 28.2 Å². The smallest absolute Gasteiger partial charge is 0.328 e. The summed E-state index contributed by atoms with van der Waals surface area (Å²) in [7, 11) is -1.59. The minimum atomic E-state index is -3.39. The molecule has 2 N–H and O–H groups in total. The van der Waals surface area contributed by atoms with Gasteiger partial charge in [-0.05, 0) is 66.2 Å². The maximum Gasteiger partial charge on any atom is 0.328 e. The van der Waals surface area contributed by atoms with E-state index in [1.807, 2.05) is 0 Å². The zero-order valence-corrected chi connectivity index (χ0v) is 24.5. The fourth-order valence-corrected chi connectivity index (χ4v) is 7.64. The molecule has 1 aliphatic heterocycles. The number of fused-ring (bicyclic) bond motifs is 2. The highest BCUT2D eigenvalue weighted by Gasteiger charge is 2.48. The van der Waals surface area contributed by atoms with Crippen molar-refractivity contribution in [1.82, 2.24) is 14.5 Å². The number of aryl methyl sites for hydroxylation is 3. The zero-order chi connectivity index (χ0) is 29.9. The molecule has 42 heavy (non-hydrogen) atoms. The zero-order valence-electron chi connectivity index (χ0n) is 23.7. The van der Waals surface area contributed by atoms with Gasteiger partial charge in [-0.25, -0.2) is 23.0 Å². The highest BCUT2D eigenvalue weighted by molar-refractivity contribution is 7.91. The van der Waals surface area contributed by atoms with E-state index in [9.17, 15) is 18.0 Å². The molecule has 222 valence electrons. The molecule has 1 saturated carbocycles. The van der Waals surface area contributed by atoms with Crippen molar-refractivity contribution in [3.8, 4) is 0 Å². The Morgan fingerprint density at radius 2 is 1.69 bits per heavy atom. The summed E-state index contributed by atoms with van der Waals surface area (Å²) in [6, 6.07) is 18.1. The lowest BCUT2D eigenvalue weighted by Crippen LogP contribution is -2.42. The topological polar surface area (TPSA) is 130 Å². The minimum Gasteiger partial charge on any atom is -0.478 e. The van der Waals surface area contributed by atoms with Crippen LogP contribution in [0.3, 0.4) is 0 Å². The number of rotatable bonds is 9. The second-order valence-corrected chi connectivity index (χ2v) is 13.7. The molecule has 4 unspecified atom stereocenters. The number of aliphatic carboxylic acids is 2. The SMILES string of the molecule is Cn1cnc(S(=O)(=O)CCc2ccc3c(c2)C(Cc2ccccc2)C(N2CC4CC4C2)CC3)c1.O=C(O)/C=C/C(=O)O. The van der Waals surface area contributed by atoms with E-state index in [0.717, 1.165) is 30.2 Å². The molecule has 0 radical (unpaired) electrons. The van der Waals surface area contributed by atoms with Gasteiger partial charge < -0.3 is 14.8 Å². The van der Waals surface area contributed by atoms with E-state index >= 15 is 0 Å². The quantitative estimate of drug-likeness (QED) is 0.360. The molecule has 9 nitrogen and oxygen atoms in total. The van der Waals surface area contributed by atoms with E-state index < -0.39 is 21.8 Å². The molecule has 3 aliphatic rings. The maximum atomic E-state index is 12.8. The lowest BCUT2D eigenvalue weighted by atomic mass is 9.75. The summed E-state index contributed by atoms with van der Waals surface area (Å²) in [5.41, 5.74) is 5.38. The van der Waals surface area contributed by atoms with Gasteiger partial charge in [0.05, 0.1) is 12.1 Å². The Morgan fingerprint density at radius 1 is 1.00 bits per heavy atom. The molecule has 2 fully saturated rings. The van der Waals surface area contributed by atoms with Gasteiger partial charge in [-0.15, -0.1) is 0 Å². The third-order valence-corrected chi connectivity index (χ3v) is 10.2. The van der Waals surface area contributed by atoms with Crippen molar-refractivity contribution in [3.63, 3.8) is 0 Å². The van der Waals surface area contributed by atoms with Gasteiger partial charge in [0, 0.05) is 50.4 Å². The molecule has 3 aromatic rings. The molecule has 0 amide bonds. The lowest BCUT2D eigenvalue weighted by molar-refractivity contribution is -0.134. The maximum absolute atomic E-state index is 12.8. The van der Waals surface area contributed by atoms with E-state index in [1.54, 1.807) is 24.1 Å². The van der Waals surface area contributed by atoms with E-state index in [1.165, 1.54) is 42.6 Å². The van der Waals surface area contributed by atoms with Crippen LogP contribution in [0.4, 0.5) is 0 Å². The molecular formula is C32H37N3O6S. The Hall–Kier alpha value is -3.76. The van der Waals surface area contributed by atoms with Crippen LogP contribution in [0.15, 0.2) is 78.2 Å². The Balaban J connectivity index is 0.000000390. The van der Waals surface area contributed by atoms with Crippen LogP contribution in [-0.4, -0.2) is 69.9 Å². The first-order valence-electron chi connectivity index (χ1n) is 14.3. The summed E-state index contributed by atoms with van der Waals surface area (Å²) < 4.78 is 27.3. The number of sulfone groups is 1. The number of imidazole rings is 1. The Morgan fingerprint density at radius 3 is 2.31 bits per heavy atom. The second kappa shape index (κ2) is 12.6. The predicted molar refractivity (Wildman–Crippen MR) is 158 cm³/mol. The molecule has 0 bridgehead atoms. The summed E-state index contributed by atoms with van der Waals surface area (Å²) in [5, 5.41) is 15.8. The average Bonchev–Trinajstić information content (AvgIpc) is 3.32. The van der Waals surface area contributed by atoms with Crippen molar-refractivity contribution in [3.05, 3.63) is 95.5 Å². The number of hydrogen-bond acceptors (Lipinski definition) is 6. The molecule has 2 aliphatic carbocycles. The third-order valence-electron chi connectivity index (χ3n) is 8.59. The number of piperidine rings is 1. The molecule has 4 atom stereocenters. The average molecular weight is 592 g/mol. The summed E-state index contributed by atoms with van der Waals surface area (Å²) >= 11 is 0. The Labute approximate surface area is 246 Å². The third kappa shape index (κ3) is 7.35. The fraction of sp³-hybridized carbons (Fsp3) is 0.406. The van der Waals surface area contributed by atoms with Crippen molar-refractivity contribution in [2.45, 2.75) is 49.1 Å². The first-order valence-corrected chi connectivity index (χ1v) is 16.0. The van der Waals surface area contributed by atoms with Crippen molar-refractivity contribution in [1.29, 1.82) is 0 Å². The van der Waals surface area contributed by atoms with Gasteiger partial charge in [0.15, 0.2) is 14.9 Å². The first-order chi connectivity index (χ1) is 20.1. The monoisotopic (exact) mass is 591 g/mol. The van der Waals surface area contributed by atoms with E-state index in [0.29, 0.717) is 30.5 Å². The summed E-state index contributed by atoms with van der Waals surface area (Å²) in [5.74, 6) is -0.106. The number of aromatic nitrogens is 2. The van der Waals surface area contributed by atoms with Gasteiger partial charge in [0.2, 0.25) is 0 Å². The lowest BCUT2D eigenvalue weighted by Gasteiger charge is -2.40. The number of benzene rings is 2. The molecule has 1 aromatic heterocycles. The van der Waals surface area contributed by atoms with E-state index in [2.05, 4.69) is 58.4 Å². The molecular weight excluding hydrogens is 554 g/mol. The molecule has 6 rings (SSSR count). The van der Waals surface area contributed by atoms with Gasteiger partial charge in [0.25, 0.3) is 0 Å². The minimum absolute atomic E-state index is 0.0884. The van der Waals surface area contributed by atoms with Crippen LogP contribution < -0.4 is 0 Å². The van der Waals surface area contributed by atoms with Gasteiger partial charge >= 0.3 is 11.9 Å². The summed E-state index contributed by atoms with van der Waals surface area (Å²) in [6.07, 6.45) is 9.57. The van der Waals surface area contributed by atoms with Crippen LogP contribution in [-0.2, 0) is 45.7 Å². The van der Waals surface area contributed by atoms with E-state index in [4.69, 9.17) is 10.2 Å². The van der Waals surface area contributed by atoms with Gasteiger partial charge in [-0.1, -0.05) is 48.5 Å². The molecule has 2 heterocycles. The van der Waals surface area contributed by atoms with Crippen LogP contribution >= 0.6 is 0 Å². The Bertz CT molecular complexity index is 1540. The largest absolute Gasteiger partial charge is 0.478 e. The number of carboxylic acid groups (broad SMARTS) is 2. The standard InChI is InChI=1S/C28H33N3O2S.C4H4O4/c1-30-18-28(29-19-30)34(32,33)12-11-21-7-8-22-9-10-27(31-16-23-15-24(23)17-31)26(25(22)13-21)14-20-5-3-2-4-6-20;5-3(6)1-2-4(7)8/h2-8,13,18-19,23-24,26-27H,9-12,14-17H2,1H3;1-2H,(H,5,6)(H,7,8)/b;2-1+. The Kier molecular flexibility index (Phi) is 8.93. The predicted octanol–water partition coefficient (Wildman–Crippen LogP) is 3.74. The van der Waals surface area contributed by atoms with Crippen molar-refractivity contribution >= 4 is 21.8 Å². The number of hydrogen-bond donors (Lipinski definition) is 2. The highest BCUT2D eigenvalue weighted by atomic mass is 32.2. The van der Waals surface area contributed by atoms with Gasteiger partial charge in [0.1, 0.15) is 0 Å². The number of nitrogens with zero attached hydrogens (tertiary/aromatic N) is 3. The second-order valence-electron chi connectivity index (χ2n) is 11.6. The fourth-order valence-electron chi connectivity index (χ4n) is 6.39. The van der Waals surface area contributed by atoms with Gasteiger partial charge in [-0.2, -0.15) is 0 Å². The van der Waals surface area contributed by atoms with Crippen LogP contribution in [0.2, 0.25) is 0 Å². The summed E-state index contributed by atoms with van der Waals surface area (Å²) in [6.45, 7) is 2.52. The molecule has 2 aromatic carbocycles. The van der Waals surface area contributed by atoms with Crippen LogP contribution in [0.25, 0.3) is 0 Å². The van der Waals surface area contributed by atoms with Crippen molar-refractivity contribution in [2.24, 2.45) is 18.9 Å². The normalized spacial score (nSPS) is 23.1. The van der Waals surface area contributed by atoms with Crippen LogP contribution in [0.1, 0.15) is 41.0 Å².